The second kappa shape index (κ2) is 5.24. The number of para-hydroxylation sites is 1. The standard InChI is InChI=1S/C16H21NO2/c18-15(19)10-14-7-3-6-13-8-9-17(16(13)14)11-12-4-1-2-5-12/h3,6-7,12H,1-2,4-5,8-11H2,(H,18,19). The molecule has 0 amide bonds. The maximum Gasteiger partial charge on any atom is 0.307 e. The van der Waals surface area contributed by atoms with Crippen LogP contribution in [-0.2, 0) is 17.6 Å². The summed E-state index contributed by atoms with van der Waals surface area (Å²) >= 11 is 0. The van der Waals surface area contributed by atoms with Crippen molar-refractivity contribution in [1.29, 1.82) is 0 Å². The lowest BCUT2D eigenvalue weighted by molar-refractivity contribution is -0.136. The minimum absolute atomic E-state index is 0.143. The molecule has 3 heteroatoms. The van der Waals surface area contributed by atoms with Gasteiger partial charge in [-0.05, 0) is 36.3 Å². The van der Waals surface area contributed by atoms with Gasteiger partial charge in [0.25, 0.3) is 0 Å². The molecule has 1 aliphatic heterocycles. The molecule has 2 aliphatic rings. The molecular formula is C16H21NO2. The summed E-state index contributed by atoms with van der Waals surface area (Å²) in [7, 11) is 0. The lowest BCUT2D eigenvalue weighted by Crippen LogP contribution is -2.27. The van der Waals surface area contributed by atoms with Crippen LogP contribution in [0.25, 0.3) is 0 Å². The maximum absolute atomic E-state index is 11.0. The summed E-state index contributed by atoms with van der Waals surface area (Å²) in [5.41, 5.74) is 3.54. The van der Waals surface area contributed by atoms with Crippen LogP contribution in [0.5, 0.6) is 0 Å². The van der Waals surface area contributed by atoms with E-state index >= 15 is 0 Å². The quantitative estimate of drug-likeness (QED) is 0.904. The van der Waals surface area contributed by atoms with Crippen molar-refractivity contribution in [3.05, 3.63) is 29.3 Å². The van der Waals surface area contributed by atoms with Gasteiger partial charge in [0.2, 0.25) is 0 Å². The number of hydrogen-bond donors (Lipinski definition) is 1. The molecule has 1 fully saturated rings. The Morgan fingerprint density at radius 2 is 2.11 bits per heavy atom. The van der Waals surface area contributed by atoms with E-state index < -0.39 is 5.97 Å². The second-order valence-corrected chi connectivity index (χ2v) is 5.84. The molecule has 1 aromatic rings. The Balaban J connectivity index is 1.82. The summed E-state index contributed by atoms with van der Waals surface area (Å²) in [5, 5.41) is 9.05. The van der Waals surface area contributed by atoms with E-state index in [2.05, 4.69) is 11.0 Å². The normalized spacial score (nSPS) is 18.8. The molecule has 1 aromatic carbocycles. The van der Waals surface area contributed by atoms with Gasteiger partial charge in [-0.2, -0.15) is 0 Å². The molecule has 0 spiro atoms. The van der Waals surface area contributed by atoms with Crippen LogP contribution < -0.4 is 4.90 Å². The van der Waals surface area contributed by atoms with Crippen LogP contribution >= 0.6 is 0 Å². The summed E-state index contributed by atoms with van der Waals surface area (Å²) in [6, 6.07) is 6.12. The van der Waals surface area contributed by atoms with Gasteiger partial charge in [-0.1, -0.05) is 31.0 Å². The average Bonchev–Trinajstić information content (AvgIpc) is 3.00. The molecule has 0 radical (unpaired) electrons. The number of anilines is 1. The number of fused-ring (bicyclic) bond motifs is 1. The molecule has 0 unspecified atom stereocenters. The van der Waals surface area contributed by atoms with E-state index in [4.69, 9.17) is 5.11 Å². The van der Waals surface area contributed by atoms with Crippen molar-refractivity contribution < 1.29 is 9.90 Å². The molecule has 1 aliphatic carbocycles. The Morgan fingerprint density at radius 3 is 2.84 bits per heavy atom. The predicted molar refractivity (Wildman–Crippen MR) is 75.7 cm³/mol. The van der Waals surface area contributed by atoms with Crippen LogP contribution in [0.4, 0.5) is 5.69 Å². The number of carboxylic acid groups (broad SMARTS) is 1. The molecule has 1 heterocycles. The number of carboxylic acids is 1. The summed E-state index contributed by atoms with van der Waals surface area (Å²) in [6.45, 7) is 2.17. The van der Waals surface area contributed by atoms with Gasteiger partial charge >= 0.3 is 5.97 Å². The zero-order valence-corrected chi connectivity index (χ0v) is 11.3. The summed E-state index contributed by atoms with van der Waals surface area (Å²) in [5.74, 6) is 0.0740. The van der Waals surface area contributed by atoms with E-state index in [0.29, 0.717) is 0 Å². The topological polar surface area (TPSA) is 40.5 Å². The van der Waals surface area contributed by atoms with Gasteiger partial charge < -0.3 is 10.0 Å². The van der Waals surface area contributed by atoms with Crippen molar-refractivity contribution in [2.45, 2.75) is 38.5 Å². The first-order valence-corrected chi connectivity index (χ1v) is 7.31. The molecule has 0 saturated heterocycles. The van der Waals surface area contributed by atoms with Crippen molar-refractivity contribution in [3.8, 4) is 0 Å². The van der Waals surface area contributed by atoms with Crippen molar-refractivity contribution >= 4 is 11.7 Å². The Bertz CT molecular complexity index is 478. The molecule has 102 valence electrons. The number of aliphatic carboxylic acids is 1. The highest BCUT2D eigenvalue weighted by molar-refractivity contribution is 5.75. The highest BCUT2D eigenvalue weighted by Crippen LogP contribution is 2.35. The average molecular weight is 259 g/mol. The first-order valence-electron chi connectivity index (χ1n) is 7.31. The van der Waals surface area contributed by atoms with Gasteiger partial charge in [0, 0.05) is 18.8 Å². The van der Waals surface area contributed by atoms with Crippen LogP contribution in [0.15, 0.2) is 18.2 Å². The van der Waals surface area contributed by atoms with Crippen molar-refractivity contribution in [2.24, 2.45) is 5.92 Å². The van der Waals surface area contributed by atoms with E-state index in [1.54, 1.807) is 0 Å². The second-order valence-electron chi connectivity index (χ2n) is 5.84. The molecule has 3 nitrogen and oxygen atoms in total. The highest BCUT2D eigenvalue weighted by atomic mass is 16.4. The Kier molecular flexibility index (Phi) is 3.45. The zero-order chi connectivity index (χ0) is 13.2. The van der Waals surface area contributed by atoms with Gasteiger partial charge in [0.05, 0.1) is 6.42 Å². The predicted octanol–water partition coefficient (Wildman–Crippen LogP) is 2.87. The molecule has 0 bridgehead atoms. The molecule has 1 saturated carbocycles. The van der Waals surface area contributed by atoms with Gasteiger partial charge in [-0.3, -0.25) is 4.79 Å². The van der Waals surface area contributed by atoms with Crippen LogP contribution in [0.3, 0.4) is 0 Å². The first-order chi connectivity index (χ1) is 9.24. The SMILES string of the molecule is O=C(O)Cc1cccc2c1N(CC1CCCC1)CC2. The number of carbonyl (C=O) groups is 1. The number of benzene rings is 1. The van der Waals surface area contributed by atoms with Crippen LogP contribution in [0.2, 0.25) is 0 Å². The summed E-state index contributed by atoms with van der Waals surface area (Å²) in [6.07, 6.45) is 6.62. The monoisotopic (exact) mass is 259 g/mol. The molecule has 0 atom stereocenters. The minimum atomic E-state index is -0.735. The lowest BCUT2D eigenvalue weighted by Gasteiger charge is -2.25. The van der Waals surface area contributed by atoms with Crippen molar-refractivity contribution in [1.82, 2.24) is 0 Å². The number of hydrogen-bond acceptors (Lipinski definition) is 2. The molecule has 19 heavy (non-hydrogen) atoms. The van der Waals surface area contributed by atoms with Crippen molar-refractivity contribution in [2.75, 3.05) is 18.0 Å². The van der Waals surface area contributed by atoms with Gasteiger partial charge in [-0.15, -0.1) is 0 Å². The zero-order valence-electron chi connectivity index (χ0n) is 11.3. The fourth-order valence-electron chi connectivity index (χ4n) is 3.61. The molecule has 1 N–H and O–H groups in total. The third-order valence-electron chi connectivity index (χ3n) is 4.47. The van der Waals surface area contributed by atoms with Crippen LogP contribution in [-0.4, -0.2) is 24.2 Å². The van der Waals surface area contributed by atoms with Gasteiger partial charge in [0.15, 0.2) is 0 Å². The maximum atomic E-state index is 11.0. The Morgan fingerprint density at radius 1 is 1.32 bits per heavy atom. The van der Waals surface area contributed by atoms with Crippen molar-refractivity contribution in [3.63, 3.8) is 0 Å². The fourth-order valence-corrected chi connectivity index (χ4v) is 3.61. The largest absolute Gasteiger partial charge is 0.481 e. The third-order valence-corrected chi connectivity index (χ3v) is 4.47. The molecule has 3 rings (SSSR count). The number of rotatable bonds is 4. The van der Waals surface area contributed by atoms with Crippen LogP contribution in [0.1, 0.15) is 36.8 Å². The van der Waals surface area contributed by atoms with E-state index in [1.165, 1.54) is 36.9 Å². The van der Waals surface area contributed by atoms with Gasteiger partial charge in [-0.25, -0.2) is 0 Å². The number of nitrogens with zero attached hydrogens (tertiary/aromatic N) is 1. The minimum Gasteiger partial charge on any atom is -0.481 e. The third kappa shape index (κ3) is 2.60. The fraction of sp³-hybridized carbons (Fsp3) is 0.562. The first kappa shape index (κ1) is 12.5. The van der Waals surface area contributed by atoms with E-state index in [9.17, 15) is 4.79 Å². The van der Waals surface area contributed by atoms with E-state index in [1.807, 2.05) is 12.1 Å². The highest BCUT2D eigenvalue weighted by Gasteiger charge is 2.26. The Hall–Kier alpha value is -1.51. The molecular weight excluding hydrogens is 238 g/mol. The summed E-state index contributed by atoms with van der Waals surface area (Å²) < 4.78 is 0. The van der Waals surface area contributed by atoms with Gasteiger partial charge in [0.1, 0.15) is 0 Å². The van der Waals surface area contributed by atoms with Crippen LogP contribution in [0, 0.1) is 5.92 Å². The summed E-state index contributed by atoms with van der Waals surface area (Å²) in [4.78, 5) is 13.4. The van der Waals surface area contributed by atoms with E-state index in [0.717, 1.165) is 31.0 Å². The molecule has 0 aromatic heterocycles. The van der Waals surface area contributed by atoms with E-state index in [-0.39, 0.29) is 6.42 Å². The smallest absolute Gasteiger partial charge is 0.307 e. The Labute approximate surface area is 114 Å². The lowest BCUT2D eigenvalue weighted by atomic mass is 10.0.